The highest BCUT2D eigenvalue weighted by Crippen LogP contribution is 2.09. The lowest BCUT2D eigenvalue weighted by Gasteiger charge is -2.06. The Kier molecular flexibility index (Phi) is 5.17. The van der Waals surface area contributed by atoms with Crippen molar-refractivity contribution in [3.05, 3.63) is 59.4 Å². The van der Waals surface area contributed by atoms with Gasteiger partial charge in [-0.1, -0.05) is 26.0 Å². The summed E-state index contributed by atoms with van der Waals surface area (Å²) in [6, 6.07) is 10.1. The monoisotopic (exact) mass is 286 g/mol. The molecule has 0 aliphatic heterocycles. The summed E-state index contributed by atoms with van der Waals surface area (Å²) in [6.07, 6.45) is 4.22. The van der Waals surface area contributed by atoms with Crippen LogP contribution in [-0.4, -0.2) is 23.7 Å². The number of ether oxygens (including phenoxy) is 1. The first-order valence-electron chi connectivity index (χ1n) is 7.14. The fourth-order valence-electron chi connectivity index (χ4n) is 2.09. The van der Waals surface area contributed by atoms with Gasteiger partial charge >= 0.3 is 5.97 Å². The molecule has 21 heavy (non-hydrogen) atoms. The SMILES string of the molecule is COC(=O)c1ccc(Cn2ccc(CNC(C)C)c2)cc1. The van der Waals surface area contributed by atoms with Gasteiger partial charge in [0.1, 0.15) is 0 Å². The summed E-state index contributed by atoms with van der Waals surface area (Å²) in [7, 11) is 1.39. The van der Waals surface area contributed by atoms with Crippen LogP contribution in [0, 0.1) is 0 Å². The van der Waals surface area contributed by atoms with Crippen molar-refractivity contribution in [3.8, 4) is 0 Å². The number of hydrogen-bond donors (Lipinski definition) is 1. The number of hydrogen-bond acceptors (Lipinski definition) is 3. The molecule has 0 fully saturated rings. The number of rotatable bonds is 6. The summed E-state index contributed by atoms with van der Waals surface area (Å²) in [6.45, 7) is 5.95. The van der Waals surface area contributed by atoms with Gasteiger partial charge in [0, 0.05) is 31.5 Å². The van der Waals surface area contributed by atoms with Crippen LogP contribution in [0.1, 0.15) is 35.3 Å². The van der Waals surface area contributed by atoms with E-state index in [9.17, 15) is 4.79 Å². The van der Waals surface area contributed by atoms with Crippen LogP contribution in [0.2, 0.25) is 0 Å². The molecule has 0 amide bonds. The summed E-state index contributed by atoms with van der Waals surface area (Å²) in [4.78, 5) is 11.4. The Bertz CT molecular complexity index is 585. The van der Waals surface area contributed by atoms with Crippen molar-refractivity contribution in [2.24, 2.45) is 0 Å². The van der Waals surface area contributed by atoms with E-state index in [1.165, 1.54) is 12.7 Å². The summed E-state index contributed by atoms with van der Waals surface area (Å²) in [5, 5.41) is 3.40. The molecule has 2 rings (SSSR count). The van der Waals surface area contributed by atoms with Gasteiger partial charge in [0.15, 0.2) is 0 Å². The maximum absolute atomic E-state index is 11.4. The number of esters is 1. The molecule has 1 aromatic carbocycles. The molecule has 1 heterocycles. The molecule has 112 valence electrons. The maximum Gasteiger partial charge on any atom is 0.337 e. The van der Waals surface area contributed by atoms with Crippen LogP contribution in [0.4, 0.5) is 0 Å². The average Bonchev–Trinajstić information content (AvgIpc) is 2.92. The molecule has 0 unspecified atom stereocenters. The van der Waals surface area contributed by atoms with E-state index in [2.05, 4.69) is 42.2 Å². The standard InChI is InChI=1S/C17H22N2O2/c1-13(2)18-10-15-8-9-19(12-15)11-14-4-6-16(7-5-14)17(20)21-3/h4-9,12-13,18H,10-11H2,1-3H3. The van der Waals surface area contributed by atoms with Crippen molar-refractivity contribution in [2.75, 3.05) is 7.11 Å². The van der Waals surface area contributed by atoms with Crippen LogP contribution in [0.25, 0.3) is 0 Å². The second kappa shape index (κ2) is 7.09. The molecule has 0 aliphatic rings. The van der Waals surface area contributed by atoms with Gasteiger partial charge in [0.25, 0.3) is 0 Å². The van der Waals surface area contributed by atoms with Crippen molar-refractivity contribution in [1.29, 1.82) is 0 Å². The van der Waals surface area contributed by atoms with Crippen LogP contribution in [0.15, 0.2) is 42.7 Å². The third kappa shape index (κ3) is 4.46. The van der Waals surface area contributed by atoms with Gasteiger partial charge in [-0.25, -0.2) is 4.79 Å². The third-order valence-corrected chi connectivity index (χ3v) is 3.27. The summed E-state index contributed by atoms with van der Waals surface area (Å²) >= 11 is 0. The first-order chi connectivity index (χ1) is 10.1. The molecule has 4 heteroatoms. The smallest absolute Gasteiger partial charge is 0.337 e. The van der Waals surface area contributed by atoms with Crippen LogP contribution >= 0.6 is 0 Å². The molecule has 1 N–H and O–H groups in total. The number of benzene rings is 1. The molecule has 0 saturated heterocycles. The minimum Gasteiger partial charge on any atom is -0.465 e. The lowest BCUT2D eigenvalue weighted by Crippen LogP contribution is -2.21. The number of nitrogens with zero attached hydrogens (tertiary/aromatic N) is 1. The minimum absolute atomic E-state index is 0.301. The van der Waals surface area contributed by atoms with E-state index in [4.69, 9.17) is 4.74 Å². The predicted octanol–water partition coefficient (Wildman–Crippen LogP) is 2.82. The Labute approximate surface area is 125 Å². The first-order valence-corrected chi connectivity index (χ1v) is 7.14. The molecule has 0 spiro atoms. The van der Waals surface area contributed by atoms with Crippen molar-refractivity contribution < 1.29 is 9.53 Å². The molecule has 0 radical (unpaired) electrons. The van der Waals surface area contributed by atoms with E-state index in [-0.39, 0.29) is 5.97 Å². The molecule has 0 atom stereocenters. The highest BCUT2D eigenvalue weighted by atomic mass is 16.5. The Balaban J connectivity index is 1.97. The molecule has 4 nitrogen and oxygen atoms in total. The van der Waals surface area contributed by atoms with Gasteiger partial charge in [0.2, 0.25) is 0 Å². The van der Waals surface area contributed by atoms with Crippen LogP contribution in [0.3, 0.4) is 0 Å². The Morgan fingerprint density at radius 1 is 1.19 bits per heavy atom. The zero-order chi connectivity index (χ0) is 15.2. The van der Waals surface area contributed by atoms with Crippen molar-refractivity contribution in [1.82, 2.24) is 9.88 Å². The molecule has 0 aliphatic carbocycles. The normalized spacial score (nSPS) is 10.9. The lowest BCUT2D eigenvalue weighted by atomic mass is 10.1. The van der Waals surface area contributed by atoms with Gasteiger partial charge in [-0.2, -0.15) is 0 Å². The Morgan fingerprint density at radius 2 is 1.90 bits per heavy atom. The number of carbonyl (C=O) groups is 1. The number of carbonyl (C=O) groups excluding carboxylic acids is 1. The highest BCUT2D eigenvalue weighted by molar-refractivity contribution is 5.89. The first kappa shape index (κ1) is 15.3. The number of methoxy groups -OCH3 is 1. The highest BCUT2D eigenvalue weighted by Gasteiger charge is 2.05. The fourth-order valence-corrected chi connectivity index (χ4v) is 2.09. The van der Waals surface area contributed by atoms with E-state index >= 15 is 0 Å². The quantitative estimate of drug-likeness (QED) is 0.830. The van der Waals surface area contributed by atoms with Crippen LogP contribution in [0.5, 0.6) is 0 Å². The fraction of sp³-hybridized carbons (Fsp3) is 0.353. The van der Waals surface area contributed by atoms with Gasteiger partial charge in [-0.05, 0) is 29.3 Å². The zero-order valence-electron chi connectivity index (χ0n) is 12.8. The molecule has 1 aromatic heterocycles. The van der Waals surface area contributed by atoms with Crippen LogP contribution in [-0.2, 0) is 17.8 Å². The van der Waals surface area contributed by atoms with E-state index < -0.39 is 0 Å². The summed E-state index contributed by atoms with van der Waals surface area (Å²) < 4.78 is 6.84. The van der Waals surface area contributed by atoms with E-state index in [0.717, 1.165) is 18.7 Å². The minimum atomic E-state index is -0.301. The second-order valence-electron chi connectivity index (χ2n) is 5.42. The number of nitrogens with one attached hydrogen (secondary N) is 1. The van der Waals surface area contributed by atoms with E-state index in [1.54, 1.807) is 12.1 Å². The largest absolute Gasteiger partial charge is 0.465 e. The van der Waals surface area contributed by atoms with E-state index in [1.807, 2.05) is 12.1 Å². The second-order valence-corrected chi connectivity index (χ2v) is 5.42. The van der Waals surface area contributed by atoms with E-state index in [0.29, 0.717) is 11.6 Å². The molecule has 0 saturated carbocycles. The topological polar surface area (TPSA) is 43.3 Å². The average molecular weight is 286 g/mol. The molecular weight excluding hydrogens is 264 g/mol. The third-order valence-electron chi connectivity index (χ3n) is 3.27. The Hall–Kier alpha value is -2.07. The van der Waals surface area contributed by atoms with Gasteiger partial charge < -0.3 is 14.6 Å². The van der Waals surface area contributed by atoms with Gasteiger partial charge in [-0.3, -0.25) is 0 Å². The van der Waals surface area contributed by atoms with Gasteiger partial charge in [-0.15, -0.1) is 0 Å². The van der Waals surface area contributed by atoms with Crippen molar-refractivity contribution >= 4 is 5.97 Å². The lowest BCUT2D eigenvalue weighted by molar-refractivity contribution is 0.0600. The predicted molar refractivity (Wildman–Crippen MR) is 83.3 cm³/mol. The van der Waals surface area contributed by atoms with Crippen molar-refractivity contribution in [2.45, 2.75) is 33.0 Å². The zero-order valence-corrected chi connectivity index (χ0v) is 12.8. The molecular formula is C17H22N2O2. The maximum atomic E-state index is 11.4. The van der Waals surface area contributed by atoms with Crippen LogP contribution < -0.4 is 5.32 Å². The number of aromatic nitrogens is 1. The van der Waals surface area contributed by atoms with Crippen molar-refractivity contribution in [3.63, 3.8) is 0 Å². The molecule has 0 bridgehead atoms. The Morgan fingerprint density at radius 3 is 2.52 bits per heavy atom. The van der Waals surface area contributed by atoms with Gasteiger partial charge in [0.05, 0.1) is 12.7 Å². The molecule has 2 aromatic rings. The summed E-state index contributed by atoms with van der Waals surface area (Å²) in [5.41, 5.74) is 3.01. The summed E-state index contributed by atoms with van der Waals surface area (Å²) in [5.74, 6) is -0.301.